The van der Waals surface area contributed by atoms with Crippen LogP contribution in [0.3, 0.4) is 0 Å². The summed E-state index contributed by atoms with van der Waals surface area (Å²) in [6, 6.07) is 83.9. The molecule has 12 aromatic rings. The molecule has 0 aliphatic carbocycles. The molecule has 0 bridgehead atoms. The summed E-state index contributed by atoms with van der Waals surface area (Å²) in [6.45, 7) is 14.2. The quantitative estimate of drug-likeness (QED) is 0.128. The van der Waals surface area contributed by atoms with Gasteiger partial charge in [0.25, 0.3) is 0 Å². The van der Waals surface area contributed by atoms with Crippen LogP contribution in [0.15, 0.2) is 218 Å². The van der Waals surface area contributed by atoms with E-state index in [1.54, 1.807) is 0 Å². The second kappa shape index (κ2) is 15.5. The Bertz CT molecular complexity index is 4160. The van der Waals surface area contributed by atoms with Crippen molar-refractivity contribution < 1.29 is 0 Å². The molecule has 0 atom stereocenters. The van der Waals surface area contributed by atoms with E-state index in [0.717, 1.165) is 0 Å². The summed E-state index contributed by atoms with van der Waals surface area (Å²) < 4.78 is 0. The number of para-hydroxylation sites is 2. The molecule has 0 saturated carbocycles. The highest BCUT2D eigenvalue weighted by molar-refractivity contribution is 7.02. The topological polar surface area (TPSA) is 6.48 Å². The van der Waals surface area contributed by atoms with Crippen LogP contribution in [0, 0.1) is 0 Å². The van der Waals surface area contributed by atoms with Crippen molar-refractivity contribution >= 4 is 101 Å². The van der Waals surface area contributed by atoms with Crippen LogP contribution < -0.4 is 42.6 Å². The van der Waals surface area contributed by atoms with Crippen LogP contribution in [0.25, 0.3) is 99.1 Å². The van der Waals surface area contributed by atoms with E-state index in [9.17, 15) is 0 Å². The SMILES string of the molecule is CC(C)(C)N1c2ccccc2B2c3c(cccc31)-c1cc(-c3ccccc3-c3ccccc3)c3cc4c5c(cc(-c6ccccc6-c6ccccc6)c6cc2c1c3c65)-c1cccc2c1B4c1ccccc1N2C(C)(C)C. The fourth-order valence-electron chi connectivity index (χ4n) is 14.9. The third-order valence-electron chi connectivity index (χ3n) is 17.5. The highest BCUT2D eigenvalue weighted by Gasteiger charge is 2.47. The first-order valence-electron chi connectivity index (χ1n) is 27.3. The minimum atomic E-state index is -0.175. The van der Waals surface area contributed by atoms with Gasteiger partial charge in [-0.05, 0) is 199 Å². The Morgan fingerprint density at radius 2 is 0.605 bits per heavy atom. The Kier molecular flexibility index (Phi) is 8.93. The molecular weight excluding hydrogens is 914 g/mol. The zero-order valence-corrected chi connectivity index (χ0v) is 43.8. The predicted octanol–water partition coefficient (Wildman–Crippen LogP) is 14.7. The zero-order chi connectivity index (χ0) is 50.9. The maximum absolute atomic E-state index is 2.68. The fourth-order valence-corrected chi connectivity index (χ4v) is 14.9. The van der Waals surface area contributed by atoms with Crippen LogP contribution >= 0.6 is 0 Å². The highest BCUT2D eigenvalue weighted by atomic mass is 15.2. The van der Waals surface area contributed by atoms with E-state index >= 15 is 0 Å². The van der Waals surface area contributed by atoms with Crippen LogP contribution in [0.2, 0.25) is 0 Å². The molecule has 358 valence electrons. The summed E-state index contributed by atoms with van der Waals surface area (Å²) in [4.78, 5) is 5.23. The lowest BCUT2D eigenvalue weighted by molar-refractivity contribution is 0.561. The molecule has 16 rings (SSSR count). The average molecular weight is 969 g/mol. The Morgan fingerprint density at radius 1 is 0.263 bits per heavy atom. The molecular formula is C72H54B2N2. The van der Waals surface area contributed by atoms with Gasteiger partial charge in [-0.25, -0.2) is 0 Å². The average Bonchev–Trinajstić information content (AvgIpc) is 3.55. The Morgan fingerprint density at radius 3 is 1.01 bits per heavy atom. The fraction of sp³-hybridized carbons (Fsp3) is 0.111. The summed E-state index contributed by atoms with van der Waals surface area (Å²) in [7, 11) is 0. The third-order valence-corrected chi connectivity index (χ3v) is 17.5. The van der Waals surface area contributed by atoms with Gasteiger partial charge < -0.3 is 9.80 Å². The summed E-state index contributed by atoms with van der Waals surface area (Å²) in [5.41, 5.74) is 28.4. The molecule has 0 spiro atoms. The number of rotatable bonds is 4. The lowest BCUT2D eigenvalue weighted by atomic mass is 9.31. The second-order valence-corrected chi connectivity index (χ2v) is 23.8. The standard InChI is InChI=1S/C72H54B2N2/c1-71(2,3)75-61-35-19-17-33-57(61)73-59-41-55-52(48-30-16-14-28-46(48)44-25-11-8-12-26-44)40-54-50-32-22-38-64-70(50)74(58-34-18-20-36-62(58)76(64)72(4,5)6)60-42-56-51(47-29-15-13-27-45(47)43-23-9-7-10-24-43)39-53(49-31-21-37-63(75)69(49)73)65(59)67(56)68(55)66(54)60/h7-42H,1-6H3. The maximum Gasteiger partial charge on any atom is 0.248 e. The van der Waals surface area contributed by atoms with Gasteiger partial charge in [0, 0.05) is 33.8 Å². The molecule has 12 aromatic carbocycles. The smallest absolute Gasteiger partial charge is 0.248 e. The minimum absolute atomic E-state index is 0.0173. The van der Waals surface area contributed by atoms with E-state index in [1.807, 2.05) is 0 Å². The van der Waals surface area contributed by atoms with Crippen LogP contribution in [0.1, 0.15) is 41.5 Å². The van der Waals surface area contributed by atoms with Crippen LogP contribution in [-0.4, -0.2) is 24.5 Å². The Hall–Kier alpha value is -8.59. The van der Waals surface area contributed by atoms with E-state index in [1.165, 1.54) is 155 Å². The van der Waals surface area contributed by atoms with Gasteiger partial charge in [-0.1, -0.05) is 193 Å². The van der Waals surface area contributed by atoms with Crippen molar-refractivity contribution in [2.24, 2.45) is 0 Å². The van der Waals surface area contributed by atoms with Crippen LogP contribution in [0.4, 0.5) is 22.7 Å². The zero-order valence-electron chi connectivity index (χ0n) is 43.8. The summed E-state index contributed by atoms with van der Waals surface area (Å²) in [5, 5.41) is 8.12. The van der Waals surface area contributed by atoms with Gasteiger partial charge in [0.1, 0.15) is 0 Å². The Balaban J connectivity index is 1.15. The summed E-state index contributed by atoms with van der Waals surface area (Å²) in [5.74, 6) is 0. The molecule has 2 nitrogen and oxygen atoms in total. The van der Waals surface area contributed by atoms with E-state index in [4.69, 9.17) is 0 Å². The van der Waals surface area contributed by atoms with Gasteiger partial charge in [-0.15, -0.1) is 0 Å². The summed E-state index contributed by atoms with van der Waals surface area (Å²) in [6.07, 6.45) is 0. The molecule has 0 amide bonds. The van der Waals surface area contributed by atoms with Crippen molar-refractivity contribution in [1.29, 1.82) is 0 Å². The van der Waals surface area contributed by atoms with Crippen LogP contribution in [-0.2, 0) is 0 Å². The number of hydrogen-bond acceptors (Lipinski definition) is 2. The molecule has 0 unspecified atom stereocenters. The van der Waals surface area contributed by atoms with E-state index in [2.05, 4.69) is 270 Å². The first-order chi connectivity index (χ1) is 37.0. The molecule has 0 radical (unpaired) electrons. The monoisotopic (exact) mass is 968 g/mol. The molecule has 0 fully saturated rings. The number of hydrogen-bond donors (Lipinski definition) is 0. The van der Waals surface area contributed by atoms with Gasteiger partial charge in [0.15, 0.2) is 0 Å². The van der Waals surface area contributed by atoms with Crippen molar-refractivity contribution in [2.45, 2.75) is 52.6 Å². The molecule has 76 heavy (non-hydrogen) atoms. The van der Waals surface area contributed by atoms with Crippen molar-refractivity contribution in [3.8, 4) is 66.8 Å². The number of nitrogens with zero attached hydrogens (tertiary/aromatic N) is 2. The van der Waals surface area contributed by atoms with E-state index in [0.29, 0.717) is 0 Å². The predicted molar refractivity (Wildman–Crippen MR) is 329 cm³/mol. The maximum atomic E-state index is 2.68. The molecule has 4 heteroatoms. The molecule has 4 heterocycles. The molecule has 0 saturated heterocycles. The van der Waals surface area contributed by atoms with Gasteiger partial charge in [0.2, 0.25) is 13.4 Å². The number of benzene rings is 12. The number of fused-ring (bicyclic) bond motifs is 8. The van der Waals surface area contributed by atoms with E-state index in [-0.39, 0.29) is 24.5 Å². The first kappa shape index (κ1) is 43.8. The second-order valence-electron chi connectivity index (χ2n) is 23.8. The van der Waals surface area contributed by atoms with Crippen molar-refractivity contribution in [3.63, 3.8) is 0 Å². The lowest BCUT2D eigenvalue weighted by Gasteiger charge is -2.47. The molecule has 0 aromatic heterocycles. The molecule has 0 N–H and O–H groups in total. The van der Waals surface area contributed by atoms with Crippen molar-refractivity contribution in [1.82, 2.24) is 0 Å². The first-order valence-corrected chi connectivity index (χ1v) is 27.3. The van der Waals surface area contributed by atoms with E-state index < -0.39 is 0 Å². The van der Waals surface area contributed by atoms with Gasteiger partial charge in [-0.2, -0.15) is 0 Å². The van der Waals surface area contributed by atoms with Gasteiger partial charge in [0.05, 0.1) is 0 Å². The number of anilines is 4. The largest absolute Gasteiger partial charge is 0.337 e. The Labute approximate surface area is 446 Å². The highest BCUT2D eigenvalue weighted by Crippen LogP contribution is 2.53. The van der Waals surface area contributed by atoms with Crippen molar-refractivity contribution in [2.75, 3.05) is 9.80 Å². The molecule has 4 aliphatic rings. The lowest BCUT2D eigenvalue weighted by Crippen LogP contribution is -2.62. The van der Waals surface area contributed by atoms with Gasteiger partial charge >= 0.3 is 0 Å². The minimum Gasteiger partial charge on any atom is -0.337 e. The van der Waals surface area contributed by atoms with Crippen LogP contribution in [0.5, 0.6) is 0 Å². The van der Waals surface area contributed by atoms with Gasteiger partial charge in [-0.3, -0.25) is 0 Å². The third kappa shape index (κ3) is 5.85. The van der Waals surface area contributed by atoms with Crippen molar-refractivity contribution in [3.05, 3.63) is 218 Å². The normalized spacial score (nSPS) is 13.8. The summed E-state index contributed by atoms with van der Waals surface area (Å²) >= 11 is 0. The molecule has 4 aliphatic heterocycles.